The number of rotatable bonds is 4. The molecule has 3 aliphatic rings. The minimum Gasteiger partial charge on any atom is -0.396 e. The monoisotopic (exact) mass is 267 g/mol. The van der Waals surface area contributed by atoms with Gasteiger partial charge in [-0.05, 0) is 12.3 Å². The minimum atomic E-state index is -0.575. The van der Waals surface area contributed by atoms with Crippen molar-refractivity contribution in [2.24, 2.45) is 27.1 Å². The quantitative estimate of drug-likeness (QED) is 0.447. The average Bonchev–Trinajstić information content (AvgIpc) is 2.95. The maximum atomic E-state index is 11.7. The summed E-state index contributed by atoms with van der Waals surface area (Å²) in [5.41, 5.74) is 5.24. The molecular weight excluding hydrogens is 250 g/mol. The first-order valence-corrected chi connectivity index (χ1v) is 6.24. The zero-order valence-corrected chi connectivity index (χ0v) is 10.4. The second kappa shape index (κ2) is 4.17. The van der Waals surface area contributed by atoms with Crippen molar-refractivity contribution < 1.29 is 15.0 Å². The van der Waals surface area contributed by atoms with Gasteiger partial charge in [-0.25, -0.2) is 4.99 Å². The molecule has 0 aromatic carbocycles. The van der Waals surface area contributed by atoms with Crippen molar-refractivity contribution in [2.45, 2.75) is 18.6 Å². The smallest absolute Gasteiger partial charge is 0.255 e. The van der Waals surface area contributed by atoms with Gasteiger partial charge in [-0.3, -0.25) is 15.1 Å². The van der Waals surface area contributed by atoms with Gasteiger partial charge in [0.1, 0.15) is 0 Å². The predicted molar refractivity (Wildman–Crippen MR) is 67.3 cm³/mol. The van der Waals surface area contributed by atoms with Gasteiger partial charge in [0.05, 0.1) is 12.9 Å². The van der Waals surface area contributed by atoms with Gasteiger partial charge < -0.3 is 20.8 Å². The van der Waals surface area contributed by atoms with E-state index in [1.807, 2.05) is 4.90 Å². The Morgan fingerprint density at radius 1 is 1.58 bits per heavy atom. The molecule has 2 heterocycles. The number of nitrogens with two attached hydrogens (primary N) is 1. The van der Waals surface area contributed by atoms with Crippen molar-refractivity contribution in [1.29, 1.82) is 0 Å². The number of guanidine groups is 1. The summed E-state index contributed by atoms with van der Waals surface area (Å²) in [7, 11) is 0. The van der Waals surface area contributed by atoms with Crippen LogP contribution in [-0.2, 0) is 4.79 Å². The molecule has 0 aromatic heterocycles. The predicted octanol–water partition coefficient (Wildman–Crippen LogP) is -2.54. The highest BCUT2D eigenvalue weighted by molar-refractivity contribution is 6.02. The number of fused-ring (bicyclic) bond motifs is 1. The van der Waals surface area contributed by atoms with E-state index in [4.69, 9.17) is 5.73 Å². The van der Waals surface area contributed by atoms with Gasteiger partial charge >= 0.3 is 0 Å². The third kappa shape index (κ3) is 1.87. The number of nitrogens with one attached hydrogen (secondary N) is 1. The summed E-state index contributed by atoms with van der Waals surface area (Å²) in [5.74, 6) is -0.0678. The van der Waals surface area contributed by atoms with Crippen LogP contribution in [0.5, 0.6) is 0 Å². The van der Waals surface area contributed by atoms with E-state index in [0.717, 1.165) is 6.42 Å². The van der Waals surface area contributed by atoms with Crippen molar-refractivity contribution in [3.05, 3.63) is 0 Å². The standard InChI is InChI=1S/C11H17N5O3/c12-10-14-8-7(9(19)15-10)13-5-16(8)3-11(4-18)1-6(11)2-17/h5-8,17-18H,1-4H2,(H3,12,14,15,19)/t6-,7?,8?,11-/m0/s1. The molecule has 1 saturated carbocycles. The van der Waals surface area contributed by atoms with Gasteiger partial charge in [0, 0.05) is 18.6 Å². The number of amides is 1. The number of aliphatic hydroxyl groups excluding tert-OH is 2. The summed E-state index contributed by atoms with van der Waals surface area (Å²) < 4.78 is 0. The summed E-state index contributed by atoms with van der Waals surface area (Å²) in [4.78, 5) is 21.8. The van der Waals surface area contributed by atoms with Gasteiger partial charge in [0.25, 0.3) is 5.91 Å². The van der Waals surface area contributed by atoms with Crippen molar-refractivity contribution in [3.63, 3.8) is 0 Å². The lowest BCUT2D eigenvalue weighted by Crippen LogP contribution is -2.54. The van der Waals surface area contributed by atoms with Crippen LogP contribution in [0.3, 0.4) is 0 Å². The van der Waals surface area contributed by atoms with Crippen LogP contribution < -0.4 is 11.1 Å². The normalized spacial score (nSPS) is 39.9. The van der Waals surface area contributed by atoms with Crippen molar-refractivity contribution in [1.82, 2.24) is 10.2 Å². The second-order valence-corrected chi connectivity index (χ2v) is 5.40. The van der Waals surface area contributed by atoms with Crippen LogP contribution in [0.2, 0.25) is 0 Å². The second-order valence-electron chi connectivity index (χ2n) is 5.40. The molecular formula is C11H17N5O3. The molecule has 4 atom stereocenters. The zero-order chi connectivity index (χ0) is 13.6. The fraction of sp³-hybridized carbons (Fsp3) is 0.727. The van der Waals surface area contributed by atoms with Gasteiger partial charge in [-0.2, -0.15) is 0 Å². The Kier molecular flexibility index (Phi) is 2.72. The molecule has 8 heteroatoms. The third-order valence-electron chi connectivity index (χ3n) is 4.18. The minimum absolute atomic E-state index is 0.00530. The molecule has 0 radical (unpaired) electrons. The summed E-state index contributed by atoms with van der Waals surface area (Å²) >= 11 is 0. The van der Waals surface area contributed by atoms with Crippen LogP contribution >= 0.6 is 0 Å². The molecule has 1 aliphatic carbocycles. The van der Waals surface area contributed by atoms with Crippen LogP contribution in [0.4, 0.5) is 0 Å². The molecule has 0 bridgehead atoms. The van der Waals surface area contributed by atoms with Crippen LogP contribution in [0.1, 0.15) is 6.42 Å². The molecule has 104 valence electrons. The van der Waals surface area contributed by atoms with Crippen LogP contribution in [0.15, 0.2) is 9.98 Å². The number of aliphatic imine (C=N–C) groups is 2. The summed E-state index contributed by atoms with van der Waals surface area (Å²) in [6.45, 7) is 0.584. The highest BCUT2D eigenvalue weighted by atomic mass is 16.3. The highest BCUT2D eigenvalue weighted by Crippen LogP contribution is 2.52. The topological polar surface area (TPSA) is 124 Å². The number of hydrogen-bond donors (Lipinski definition) is 4. The largest absolute Gasteiger partial charge is 0.396 e. The van der Waals surface area contributed by atoms with E-state index in [-0.39, 0.29) is 36.4 Å². The average molecular weight is 267 g/mol. The Balaban J connectivity index is 1.75. The maximum Gasteiger partial charge on any atom is 0.255 e. The summed E-state index contributed by atoms with van der Waals surface area (Å²) in [5, 5.41) is 21.1. The van der Waals surface area contributed by atoms with E-state index in [9.17, 15) is 15.0 Å². The van der Waals surface area contributed by atoms with Crippen LogP contribution in [0, 0.1) is 11.3 Å². The van der Waals surface area contributed by atoms with E-state index in [1.165, 1.54) is 0 Å². The van der Waals surface area contributed by atoms with E-state index < -0.39 is 12.2 Å². The van der Waals surface area contributed by atoms with E-state index in [2.05, 4.69) is 15.3 Å². The first-order valence-electron chi connectivity index (χ1n) is 6.24. The number of hydrogen-bond acceptors (Lipinski definition) is 7. The lowest BCUT2D eigenvalue weighted by molar-refractivity contribution is -0.122. The molecule has 2 aliphatic heterocycles. The van der Waals surface area contributed by atoms with Gasteiger partial charge in [0.2, 0.25) is 0 Å². The molecule has 8 nitrogen and oxygen atoms in total. The number of nitrogens with zero attached hydrogens (tertiary/aromatic N) is 3. The third-order valence-corrected chi connectivity index (χ3v) is 4.18. The molecule has 0 spiro atoms. The first-order chi connectivity index (χ1) is 9.09. The van der Waals surface area contributed by atoms with Crippen molar-refractivity contribution in [2.75, 3.05) is 19.8 Å². The van der Waals surface area contributed by atoms with Gasteiger partial charge in [0.15, 0.2) is 18.2 Å². The molecule has 1 amide bonds. The summed E-state index contributed by atoms with van der Waals surface area (Å²) in [6, 6.07) is -0.575. The van der Waals surface area contributed by atoms with Crippen molar-refractivity contribution >= 4 is 18.2 Å². The lowest BCUT2D eigenvalue weighted by atomic mass is 10.0. The van der Waals surface area contributed by atoms with Gasteiger partial charge in [-0.1, -0.05) is 0 Å². The molecule has 0 saturated heterocycles. The maximum absolute atomic E-state index is 11.7. The number of aliphatic hydroxyl groups is 2. The Hall–Kier alpha value is -1.67. The highest BCUT2D eigenvalue weighted by Gasteiger charge is 2.55. The van der Waals surface area contributed by atoms with E-state index in [0.29, 0.717) is 6.54 Å². The summed E-state index contributed by atoms with van der Waals surface area (Å²) in [6.07, 6.45) is 1.92. The Morgan fingerprint density at radius 2 is 2.37 bits per heavy atom. The van der Waals surface area contributed by atoms with Crippen LogP contribution in [-0.4, -0.2) is 65.3 Å². The fourth-order valence-electron chi connectivity index (χ4n) is 2.83. The Labute approximate surface area is 110 Å². The Morgan fingerprint density at radius 3 is 3.00 bits per heavy atom. The fourth-order valence-corrected chi connectivity index (χ4v) is 2.83. The molecule has 1 fully saturated rings. The van der Waals surface area contributed by atoms with E-state index in [1.54, 1.807) is 6.34 Å². The van der Waals surface area contributed by atoms with E-state index >= 15 is 0 Å². The van der Waals surface area contributed by atoms with Crippen LogP contribution in [0.25, 0.3) is 0 Å². The molecule has 0 aromatic rings. The van der Waals surface area contributed by atoms with Crippen molar-refractivity contribution in [3.8, 4) is 0 Å². The zero-order valence-electron chi connectivity index (χ0n) is 10.4. The number of carbonyl (C=O) groups is 1. The molecule has 5 N–H and O–H groups in total. The molecule has 19 heavy (non-hydrogen) atoms. The lowest BCUT2D eigenvalue weighted by Gasteiger charge is -2.30. The van der Waals surface area contributed by atoms with Gasteiger partial charge in [-0.15, -0.1) is 0 Å². The molecule has 3 rings (SSSR count). The Bertz CT molecular complexity index is 465. The SMILES string of the molecule is NC1=NC2C(N=CN2C[C@]2(CO)C[C@H]2CO)C(=O)N1. The first kappa shape index (κ1) is 12.4. The molecule has 2 unspecified atom stereocenters. The number of carbonyl (C=O) groups excluding carboxylic acids is 1.